The van der Waals surface area contributed by atoms with E-state index in [1.807, 2.05) is 0 Å². The largest absolute Gasteiger partial charge is 2.00 e. The van der Waals surface area contributed by atoms with Gasteiger partial charge in [0.1, 0.15) is 0 Å². The number of hydrogen-bond acceptors (Lipinski definition) is 0. The van der Waals surface area contributed by atoms with E-state index in [4.69, 9.17) is 0 Å². The van der Waals surface area contributed by atoms with Crippen LogP contribution in [0.2, 0.25) is 0 Å². The molecule has 0 N–H and O–H groups in total. The summed E-state index contributed by atoms with van der Waals surface area (Å²) in [6.45, 7) is 9.07. The zero-order chi connectivity index (χ0) is 14.8. The molecular formula is C20H30Cl2Zr-2. The third-order valence-electron chi connectivity index (χ3n) is 3.56. The van der Waals surface area contributed by atoms with Crippen LogP contribution in [0.25, 0.3) is 0 Å². The third-order valence-corrected chi connectivity index (χ3v) is 3.56. The van der Waals surface area contributed by atoms with E-state index in [9.17, 15) is 0 Å². The molecule has 0 aromatic rings. The average molecular weight is 433 g/mol. The van der Waals surface area contributed by atoms with E-state index in [1.54, 1.807) is 0 Å². The van der Waals surface area contributed by atoms with Crippen molar-refractivity contribution in [1.82, 2.24) is 0 Å². The van der Waals surface area contributed by atoms with Gasteiger partial charge in [0, 0.05) is 0 Å². The van der Waals surface area contributed by atoms with Crippen molar-refractivity contribution in [3.05, 3.63) is 47.6 Å². The molecule has 0 fully saturated rings. The zero-order valence-corrected chi connectivity index (χ0v) is 18.9. The van der Waals surface area contributed by atoms with Crippen LogP contribution in [0.3, 0.4) is 0 Å². The van der Waals surface area contributed by atoms with Crippen molar-refractivity contribution in [3.8, 4) is 0 Å². The van der Waals surface area contributed by atoms with Gasteiger partial charge in [0.15, 0.2) is 0 Å². The molecule has 130 valence electrons. The fourth-order valence-corrected chi connectivity index (χ4v) is 2.14. The Morgan fingerprint density at radius 1 is 0.783 bits per heavy atom. The van der Waals surface area contributed by atoms with Crippen molar-refractivity contribution >= 4 is 0 Å². The molecule has 0 heterocycles. The molecule has 0 nitrogen and oxygen atoms in total. The molecule has 2 rings (SSSR count). The summed E-state index contributed by atoms with van der Waals surface area (Å²) in [4.78, 5) is 0. The molecule has 0 aromatic carbocycles. The second-order valence-corrected chi connectivity index (χ2v) is 6.53. The van der Waals surface area contributed by atoms with Gasteiger partial charge in [-0.1, -0.05) is 53.4 Å². The normalized spacial score (nSPS) is 14.3. The van der Waals surface area contributed by atoms with Gasteiger partial charge in [-0.25, -0.2) is 23.3 Å². The molecule has 0 saturated heterocycles. The molecule has 23 heavy (non-hydrogen) atoms. The molecule has 2 aliphatic carbocycles. The molecule has 0 aliphatic heterocycles. The summed E-state index contributed by atoms with van der Waals surface area (Å²) in [5.41, 5.74) is 2.96. The summed E-state index contributed by atoms with van der Waals surface area (Å²) >= 11 is 0. The summed E-state index contributed by atoms with van der Waals surface area (Å²) in [7, 11) is 0. The van der Waals surface area contributed by atoms with Gasteiger partial charge < -0.3 is 24.8 Å². The number of rotatable bonds is 6. The molecule has 0 radical (unpaired) electrons. The quantitative estimate of drug-likeness (QED) is 0.528. The van der Waals surface area contributed by atoms with Crippen molar-refractivity contribution in [1.29, 1.82) is 0 Å². The third kappa shape index (κ3) is 15.7. The molecule has 3 heteroatoms. The average Bonchev–Trinajstić information content (AvgIpc) is 3.08. The van der Waals surface area contributed by atoms with Gasteiger partial charge in [0.2, 0.25) is 0 Å². The Kier molecular flexibility index (Phi) is 21.2. The number of hydrogen-bond donors (Lipinski definition) is 0. The van der Waals surface area contributed by atoms with Crippen LogP contribution in [0, 0.1) is 24.0 Å². The molecule has 0 unspecified atom stereocenters. The maximum Gasteiger partial charge on any atom is 2.00 e. The van der Waals surface area contributed by atoms with Crippen LogP contribution in [0.1, 0.15) is 66.2 Å². The van der Waals surface area contributed by atoms with Crippen LogP contribution in [-0.4, -0.2) is 0 Å². The fraction of sp³-hybridized carbons (Fsp3) is 0.600. The smallest absolute Gasteiger partial charge is 1.00 e. The van der Waals surface area contributed by atoms with Crippen LogP contribution in [0.15, 0.2) is 35.5 Å². The molecule has 0 aromatic heterocycles. The molecule has 0 amide bonds. The zero-order valence-electron chi connectivity index (χ0n) is 15.0. The minimum Gasteiger partial charge on any atom is -1.00 e. The summed E-state index contributed by atoms with van der Waals surface area (Å²) < 4.78 is 0. The minimum absolute atomic E-state index is 0. The maximum atomic E-state index is 3.18. The van der Waals surface area contributed by atoms with Gasteiger partial charge in [-0.2, -0.15) is 12.2 Å². The molecule has 0 atom stereocenters. The van der Waals surface area contributed by atoms with E-state index in [1.165, 1.54) is 36.8 Å². The van der Waals surface area contributed by atoms with Gasteiger partial charge >= 0.3 is 26.2 Å². The van der Waals surface area contributed by atoms with Crippen molar-refractivity contribution in [3.63, 3.8) is 0 Å². The summed E-state index contributed by atoms with van der Waals surface area (Å²) in [5, 5.41) is 0. The van der Waals surface area contributed by atoms with E-state index in [0.717, 1.165) is 24.7 Å². The first-order valence-electron chi connectivity index (χ1n) is 8.09. The number of halogens is 2. The minimum atomic E-state index is 0. The number of allylic oxidation sites excluding steroid dienone is 8. The van der Waals surface area contributed by atoms with Crippen LogP contribution in [0.4, 0.5) is 0 Å². The fourth-order valence-electron chi connectivity index (χ4n) is 2.14. The van der Waals surface area contributed by atoms with Crippen LogP contribution < -0.4 is 24.8 Å². The molecule has 0 saturated carbocycles. The van der Waals surface area contributed by atoms with Crippen molar-refractivity contribution in [2.45, 2.75) is 66.2 Å². The first kappa shape index (κ1) is 28.2. The standard InChI is InChI=1S/2C10H15.2ClH.Zr/c2*1-9(2)7-8-10-5-3-4-6-10;;;/h2*5-6,9H,3,7-8H2,1-2H3;2*1H;/q2*-1;;;+2/p-2. The summed E-state index contributed by atoms with van der Waals surface area (Å²) in [5.74, 6) is 1.66. The van der Waals surface area contributed by atoms with E-state index in [0.29, 0.717) is 0 Å². The molecule has 2 aliphatic rings. The van der Waals surface area contributed by atoms with Gasteiger partial charge in [0.05, 0.1) is 0 Å². The second-order valence-electron chi connectivity index (χ2n) is 6.53. The Hall–Kier alpha value is 0.423. The predicted molar refractivity (Wildman–Crippen MR) is 89.2 cm³/mol. The van der Waals surface area contributed by atoms with Crippen molar-refractivity contribution < 1.29 is 51.0 Å². The predicted octanol–water partition coefficient (Wildman–Crippen LogP) is 0.230. The van der Waals surface area contributed by atoms with Crippen molar-refractivity contribution in [2.75, 3.05) is 0 Å². The topological polar surface area (TPSA) is 0 Å². The van der Waals surface area contributed by atoms with Gasteiger partial charge in [0.25, 0.3) is 0 Å². The molecule has 0 bridgehead atoms. The second kappa shape index (κ2) is 17.3. The first-order chi connectivity index (χ1) is 9.58. The Morgan fingerprint density at radius 2 is 1.13 bits per heavy atom. The van der Waals surface area contributed by atoms with E-state index < -0.39 is 0 Å². The van der Waals surface area contributed by atoms with E-state index >= 15 is 0 Å². The monoisotopic (exact) mass is 430 g/mol. The Bertz CT molecular complexity index is 352. The Morgan fingerprint density at radius 3 is 1.35 bits per heavy atom. The van der Waals surface area contributed by atoms with Crippen molar-refractivity contribution in [2.24, 2.45) is 11.8 Å². The van der Waals surface area contributed by atoms with Crippen LogP contribution in [-0.2, 0) is 26.2 Å². The van der Waals surface area contributed by atoms with Crippen LogP contribution >= 0.6 is 0 Å². The van der Waals surface area contributed by atoms with Gasteiger partial charge in [-0.15, -0.1) is 12.8 Å². The van der Waals surface area contributed by atoms with E-state index in [2.05, 4.69) is 64.2 Å². The van der Waals surface area contributed by atoms with Crippen LogP contribution in [0.5, 0.6) is 0 Å². The van der Waals surface area contributed by atoms with E-state index in [-0.39, 0.29) is 51.0 Å². The Balaban J connectivity index is -0.000000308. The summed E-state index contributed by atoms with van der Waals surface area (Å²) in [6, 6.07) is 0. The maximum absolute atomic E-state index is 3.18. The van der Waals surface area contributed by atoms with Gasteiger partial charge in [-0.3, -0.25) is 12.2 Å². The summed E-state index contributed by atoms with van der Waals surface area (Å²) in [6.07, 6.45) is 22.3. The molecular weight excluding hydrogens is 402 g/mol. The SMILES string of the molecule is CC(C)CCC1=CC[C-]=C1.CC(C)CCC1=CC[C-]=C1.[Cl-].[Cl-].[Zr+2]. The molecule has 0 spiro atoms. The van der Waals surface area contributed by atoms with Gasteiger partial charge in [-0.05, 0) is 11.8 Å². The first-order valence-corrected chi connectivity index (χ1v) is 8.09. The Labute approximate surface area is 175 Å².